The molecule has 0 bridgehead atoms. The van der Waals surface area contributed by atoms with E-state index in [1.165, 1.54) is 17.5 Å². The maximum Gasteiger partial charge on any atom is 0.225 e. The minimum absolute atomic E-state index is 0.212. The summed E-state index contributed by atoms with van der Waals surface area (Å²) in [4.78, 5) is 16.6. The summed E-state index contributed by atoms with van der Waals surface area (Å²) in [5, 5.41) is 0. The first-order valence-electron chi connectivity index (χ1n) is 8.14. The van der Waals surface area contributed by atoms with Gasteiger partial charge in [-0.05, 0) is 44.5 Å². The Hall–Kier alpha value is -1.39. The van der Waals surface area contributed by atoms with Crippen molar-refractivity contribution in [2.24, 2.45) is 0 Å². The highest BCUT2D eigenvalue weighted by Crippen LogP contribution is 2.31. The van der Waals surface area contributed by atoms with Gasteiger partial charge in [0.2, 0.25) is 5.91 Å². The van der Waals surface area contributed by atoms with Crippen LogP contribution in [0.4, 0.5) is 0 Å². The zero-order valence-electron chi connectivity index (χ0n) is 14.0. The maximum atomic E-state index is 12.4. The first-order valence-corrected chi connectivity index (χ1v) is 8.14. The van der Waals surface area contributed by atoms with E-state index in [0.717, 1.165) is 25.9 Å². The number of carbonyl (C=O) groups is 1. The van der Waals surface area contributed by atoms with Gasteiger partial charge in [0.05, 0.1) is 19.1 Å². The summed E-state index contributed by atoms with van der Waals surface area (Å²) in [6, 6.07) is 8.96. The lowest BCUT2D eigenvalue weighted by Crippen LogP contribution is -2.38. The predicted molar refractivity (Wildman–Crippen MR) is 88.6 cm³/mol. The number of likely N-dealkylation sites (tertiary alicyclic amines) is 1. The fourth-order valence-corrected chi connectivity index (χ4v) is 3.12. The molecule has 2 rings (SSSR count). The summed E-state index contributed by atoms with van der Waals surface area (Å²) in [7, 11) is 5.79. The quantitative estimate of drug-likeness (QED) is 0.810. The van der Waals surface area contributed by atoms with Gasteiger partial charge < -0.3 is 14.5 Å². The lowest BCUT2D eigenvalue weighted by Gasteiger charge is -2.36. The number of nitrogens with zero attached hydrogens (tertiary/aromatic N) is 2. The molecule has 1 aromatic rings. The Morgan fingerprint density at radius 1 is 1.27 bits per heavy atom. The molecule has 1 atom stereocenters. The number of rotatable bonds is 6. The summed E-state index contributed by atoms with van der Waals surface area (Å²) in [5.74, 6) is 0.212. The average Bonchev–Trinajstić information content (AvgIpc) is 2.53. The molecule has 1 aromatic carbocycles. The molecule has 4 nitrogen and oxygen atoms in total. The molecule has 4 heteroatoms. The van der Waals surface area contributed by atoms with Crippen LogP contribution in [0.15, 0.2) is 24.3 Å². The van der Waals surface area contributed by atoms with Crippen molar-refractivity contribution in [2.45, 2.75) is 38.3 Å². The topological polar surface area (TPSA) is 32.8 Å². The van der Waals surface area contributed by atoms with Crippen molar-refractivity contribution in [3.05, 3.63) is 35.4 Å². The number of hydrogen-bond donors (Lipinski definition) is 0. The van der Waals surface area contributed by atoms with Gasteiger partial charge in [0, 0.05) is 20.2 Å². The van der Waals surface area contributed by atoms with Gasteiger partial charge in [-0.3, -0.25) is 4.79 Å². The van der Waals surface area contributed by atoms with Gasteiger partial charge in [-0.25, -0.2) is 0 Å². The molecular formula is C18H28N2O2. The molecule has 0 spiro atoms. The van der Waals surface area contributed by atoms with Crippen molar-refractivity contribution in [3.8, 4) is 0 Å². The van der Waals surface area contributed by atoms with E-state index in [2.05, 4.69) is 43.3 Å². The van der Waals surface area contributed by atoms with Crippen LogP contribution in [0.1, 0.15) is 42.9 Å². The van der Waals surface area contributed by atoms with Crippen LogP contribution in [-0.4, -0.2) is 50.1 Å². The van der Waals surface area contributed by atoms with E-state index < -0.39 is 0 Å². The van der Waals surface area contributed by atoms with Crippen LogP contribution in [0.3, 0.4) is 0 Å². The standard InChI is InChI=1S/C18H28N2O2/c1-19(2)14-15-7-9-16(10-8-15)17-6-4-5-12-20(17)18(21)11-13-22-3/h7-10,17H,4-6,11-14H2,1-3H3. The molecule has 1 heterocycles. The number of amides is 1. The molecule has 1 fully saturated rings. The Bertz CT molecular complexity index is 470. The van der Waals surface area contributed by atoms with E-state index in [-0.39, 0.29) is 11.9 Å². The summed E-state index contributed by atoms with van der Waals surface area (Å²) >= 11 is 0. The van der Waals surface area contributed by atoms with Gasteiger partial charge >= 0.3 is 0 Å². The Labute approximate surface area is 134 Å². The highest BCUT2D eigenvalue weighted by molar-refractivity contribution is 5.77. The lowest BCUT2D eigenvalue weighted by molar-refractivity contribution is -0.136. The fraction of sp³-hybridized carbons (Fsp3) is 0.611. The molecule has 1 unspecified atom stereocenters. The van der Waals surface area contributed by atoms with Crippen molar-refractivity contribution in [3.63, 3.8) is 0 Å². The van der Waals surface area contributed by atoms with Crippen molar-refractivity contribution in [2.75, 3.05) is 34.4 Å². The summed E-state index contributed by atoms with van der Waals surface area (Å²) in [5.41, 5.74) is 2.56. The largest absolute Gasteiger partial charge is 0.384 e. The van der Waals surface area contributed by atoms with Gasteiger partial charge in [-0.1, -0.05) is 24.3 Å². The second-order valence-electron chi connectivity index (χ2n) is 6.32. The zero-order valence-corrected chi connectivity index (χ0v) is 14.0. The fourth-order valence-electron chi connectivity index (χ4n) is 3.12. The third-order valence-corrected chi connectivity index (χ3v) is 4.21. The minimum Gasteiger partial charge on any atom is -0.384 e. The van der Waals surface area contributed by atoms with E-state index in [0.29, 0.717) is 13.0 Å². The molecule has 1 aliphatic heterocycles. The van der Waals surface area contributed by atoms with Gasteiger partial charge in [0.15, 0.2) is 0 Å². The third-order valence-electron chi connectivity index (χ3n) is 4.21. The molecule has 1 amide bonds. The number of hydrogen-bond acceptors (Lipinski definition) is 3. The van der Waals surface area contributed by atoms with Crippen LogP contribution in [0, 0.1) is 0 Å². The van der Waals surface area contributed by atoms with Crippen LogP contribution >= 0.6 is 0 Å². The van der Waals surface area contributed by atoms with E-state index in [1.807, 2.05) is 4.90 Å². The molecule has 122 valence electrons. The number of carbonyl (C=O) groups excluding carboxylic acids is 1. The van der Waals surface area contributed by atoms with Crippen molar-refractivity contribution in [1.29, 1.82) is 0 Å². The molecule has 0 saturated carbocycles. The summed E-state index contributed by atoms with van der Waals surface area (Å²) in [6.07, 6.45) is 3.84. The van der Waals surface area contributed by atoms with Crippen LogP contribution in [0.2, 0.25) is 0 Å². The van der Waals surface area contributed by atoms with E-state index >= 15 is 0 Å². The highest BCUT2D eigenvalue weighted by Gasteiger charge is 2.27. The Balaban J connectivity index is 2.08. The first kappa shape index (κ1) is 17.0. The Morgan fingerprint density at radius 3 is 2.64 bits per heavy atom. The average molecular weight is 304 g/mol. The van der Waals surface area contributed by atoms with E-state index in [4.69, 9.17) is 4.74 Å². The molecule has 0 N–H and O–H groups in total. The number of piperidine rings is 1. The summed E-state index contributed by atoms with van der Waals surface area (Å²) in [6.45, 7) is 2.32. The predicted octanol–water partition coefficient (Wildman–Crippen LogP) is 2.84. The number of methoxy groups -OCH3 is 1. The lowest BCUT2D eigenvalue weighted by atomic mass is 9.94. The smallest absolute Gasteiger partial charge is 0.225 e. The molecule has 0 radical (unpaired) electrons. The Kier molecular flexibility index (Phi) is 6.40. The molecule has 1 saturated heterocycles. The molecule has 0 aromatic heterocycles. The molecular weight excluding hydrogens is 276 g/mol. The second-order valence-corrected chi connectivity index (χ2v) is 6.32. The summed E-state index contributed by atoms with van der Waals surface area (Å²) < 4.78 is 5.04. The Morgan fingerprint density at radius 2 is 2.00 bits per heavy atom. The number of ether oxygens (including phenoxy) is 1. The normalized spacial score (nSPS) is 18.7. The second kappa shape index (κ2) is 8.30. The highest BCUT2D eigenvalue weighted by atomic mass is 16.5. The molecule has 0 aliphatic carbocycles. The first-order chi connectivity index (χ1) is 10.6. The van der Waals surface area contributed by atoms with Gasteiger partial charge in [-0.2, -0.15) is 0 Å². The third kappa shape index (κ3) is 4.55. The van der Waals surface area contributed by atoms with Crippen molar-refractivity contribution in [1.82, 2.24) is 9.80 Å². The van der Waals surface area contributed by atoms with Crippen LogP contribution in [0.5, 0.6) is 0 Å². The van der Waals surface area contributed by atoms with Crippen LogP contribution < -0.4 is 0 Å². The molecule has 1 aliphatic rings. The number of benzene rings is 1. The maximum absolute atomic E-state index is 12.4. The SMILES string of the molecule is COCCC(=O)N1CCCCC1c1ccc(CN(C)C)cc1. The van der Waals surface area contributed by atoms with Crippen molar-refractivity contribution >= 4 is 5.91 Å². The van der Waals surface area contributed by atoms with Crippen LogP contribution in [-0.2, 0) is 16.1 Å². The van der Waals surface area contributed by atoms with E-state index in [1.54, 1.807) is 7.11 Å². The van der Waals surface area contributed by atoms with Crippen molar-refractivity contribution < 1.29 is 9.53 Å². The monoisotopic (exact) mass is 304 g/mol. The van der Waals surface area contributed by atoms with E-state index in [9.17, 15) is 4.79 Å². The van der Waals surface area contributed by atoms with Crippen LogP contribution in [0.25, 0.3) is 0 Å². The van der Waals surface area contributed by atoms with Gasteiger partial charge in [0.1, 0.15) is 0 Å². The minimum atomic E-state index is 0.212. The molecule has 22 heavy (non-hydrogen) atoms. The van der Waals surface area contributed by atoms with Gasteiger partial charge in [-0.15, -0.1) is 0 Å². The zero-order chi connectivity index (χ0) is 15.9. The van der Waals surface area contributed by atoms with Gasteiger partial charge in [0.25, 0.3) is 0 Å².